The maximum absolute atomic E-state index is 12.3. The number of carboxylic acids is 1. The van der Waals surface area contributed by atoms with Gasteiger partial charge in [0, 0.05) is 0 Å². The lowest BCUT2D eigenvalue weighted by Crippen LogP contribution is -2.38. The Kier molecular flexibility index (Phi) is 4.63. The summed E-state index contributed by atoms with van der Waals surface area (Å²) in [7, 11) is -3.57. The van der Waals surface area contributed by atoms with E-state index in [9.17, 15) is 23.1 Å². The van der Waals surface area contributed by atoms with Crippen molar-refractivity contribution in [2.45, 2.75) is 50.7 Å². The van der Waals surface area contributed by atoms with Gasteiger partial charge in [0.25, 0.3) is 0 Å². The van der Waals surface area contributed by atoms with Gasteiger partial charge in [-0.25, -0.2) is 18.0 Å². The van der Waals surface area contributed by atoms with Gasteiger partial charge in [-0.05, 0) is 51.3 Å². The van der Waals surface area contributed by atoms with Crippen molar-refractivity contribution in [3.8, 4) is 0 Å². The molecule has 0 bridgehead atoms. The molecule has 0 saturated carbocycles. The number of hydrogen-bond acceptors (Lipinski definition) is 5. The minimum absolute atomic E-state index is 0.0437. The smallest absolute Gasteiger partial charge is 0.408 e. The van der Waals surface area contributed by atoms with Gasteiger partial charge in [0.2, 0.25) is 0 Å². The number of carboxylic acid groups (broad SMARTS) is 1. The molecule has 0 aliphatic carbocycles. The maximum Gasteiger partial charge on any atom is 0.408 e. The number of rotatable bonds is 2. The third kappa shape index (κ3) is 3.87. The quantitative estimate of drug-likeness (QED) is 0.843. The van der Waals surface area contributed by atoms with Gasteiger partial charge in [0.05, 0.1) is 22.3 Å². The first-order chi connectivity index (χ1) is 10.9. The fraction of sp³-hybridized carbons (Fsp3) is 0.500. The topological polar surface area (TPSA) is 110 Å². The number of aryl methyl sites for hydroxylation is 1. The summed E-state index contributed by atoms with van der Waals surface area (Å²) in [5, 5.41) is 11.9. The highest BCUT2D eigenvalue weighted by Gasteiger charge is 2.33. The molecule has 1 amide bonds. The Labute approximate surface area is 140 Å². The number of sulfone groups is 1. The molecule has 24 heavy (non-hydrogen) atoms. The second-order valence-electron chi connectivity index (χ2n) is 6.82. The summed E-state index contributed by atoms with van der Waals surface area (Å²) in [5.74, 6) is -1.35. The van der Waals surface area contributed by atoms with E-state index in [2.05, 4.69) is 5.32 Å². The highest BCUT2D eigenvalue weighted by Crippen LogP contribution is 2.34. The molecular formula is C16H21NO6S. The van der Waals surface area contributed by atoms with Gasteiger partial charge < -0.3 is 15.2 Å². The molecule has 0 radical (unpaired) electrons. The third-order valence-corrected chi connectivity index (χ3v) is 5.46. The number of carbonyl (C=O) groups excluding carboxylic acids is 1. The molecule has 2 N–H and O–H groups in total. The summed E-state index contributed by atoms with van der Waals surface area (Å²) in [5.41, 5.74) is 0.107. The van der Waals surface area contributed by atoms with Crippen LogP contribution in [0.15, 0.2) is 17.0 Å². The summed E-state index contributed by atoms with van der Waals surface area (Å²) < 4.78 is 29.8. The van der Waals surface area contributed by atoms with Crippen molar-refractivity contribution in [1.29, 1.82) is 0 Å². The van der Waals surface area contributed by atoms with Crippen LogP contribution in [0.1, 0.15) is 54.7 Å². The molecule has 0 spiro atoms. The van der Waals surface area contributed by atoms with E-state index in [1.54, 1.807) is 27.7 Å². The van der Waals surface area contributed by atoms with E-state index < -0.39 is 33.5 Å². The van der Waals surface area contributed by atoms with Crippen LogP contribution in [-0.2, 0) is 14.6 Å². The van der Waals surface area contributed by atoms with Gasteiger partial charge in [-0.2, -0.15) is 0 Å². The van der Waals surface area contributed by atoms with Crippen molar-refractivity contribution in [2.24, 2.45) is 0 Å². The second-order valence-corrected chi connectivity index (χ2v) is 8.89. The standard InChI is InChI=1S/C16H21NO6S/c1-9-7-11-12(17-15(20)23-16(2,3)4)5-6-24(21,22)13(11)8-10(9)14(18)19/h7-8,12H,5-6H2,1-4H3,(H,17,20)(H,18,19)/t12-/m0/s1. The van der Waals surface area contributed by atoms with E-state index in [1.165, 1.54) is 12.1 Å². The Morgan fingerprint density at radius 2 is 1.92 bits per heavy atom. The number of alkyl carbamates (subject to hydrolysis) is 1. The highest BCUT2D eigenvalue weighted by molar-refractivity contribution is 7.91. The normalized spacial score (nSPS) is 19.2. The van der Waals surface area contributed by atoms with Crippen molar-refractivity contribution in [2.75, 3.05) is 5.75 Å². The van der Waals surface area contributed by atoms with Crippen LogP contribution in [0.3, 0.4) is 0 Å². The van der Waals surface area contributed by atoms with Gasteiger partial charge in [0.15, 0.2) is 9.84 Å². The van der Waals surface area contributed by atoms with Crippen LogP contribution in [0.25, 0.3) is 0 Å². The van der Waals surface area contributed by atoms with Gasteiger partial charge >= 0.3 is 12.1 Å². The zero-order valence-corrected chi connectivity index (χ0v) is 14.9. The number of benzene rings is 1. The fourth-order valence-electron chi connectivity index (χ4n) is 2.62. The van der Waals surface area contributed by atoms with Gasteiger partial charge in [-0.3, -0.25) is 0 Å². The Bertz CT molecular complexity index is 792. The van der Waals surface area contributed by atoms with Gasteiger partial charge in [-0.15, -0.1) is 0 Å². The Morgan fingerprint density at radius 3 is 2.46 bits per heavy atom. The van der Waals surface area contributed by atoms with Crippen molar-refractivity contribution in [1.82, 2.24) is 5.32 Å². The fourth-order valence-corrected chi connectivity index (χ4v) is 4.24. The molecule has 1 aromatic rings. The molecule has 0 saturated heterocycles. The van der Waals surface area contributed by atoms with E-state index in [-0.39, 0.29) is 22.6 Å². The average Bonchev–Trinajstić information content (AvgIpc) is 2.39. The van der Waals surface area contributed by atoms with Gasteiger partial charge in [0.1, 0.15) is 5.60 Å². The molecule has 2 rings (SSSR count). The number of fused-ring (bicyclic) bond motifs is 1. The molecule has 0 unspecified atom stereocenters. The number of amides is 1. The van der Waals surface area contributed by atoms with E-state index in [0.29, 0.717) is 11.1 Å². The molecule has 0 aromatic heterocycles. The molecule has 1 heterocycles. The lowest BCUT2D eigenvalue weighted by molar-refractivity contribution is 0.0500. The number of ether oxygens (including phenoxy) is 1. The van der Waals surface area contributed by atoms with Crippen molar-refractivity contribution >= 4 is 21.9 Å². The molecule has 1 aromatic carbocycles. The lowest BCUT2D eigenvalue weighted by atomic mass is 9.98. The van der Waals surface area contributed by atoms with E-state index in [1.807, 2.05) is 0 Å². The number of aromatic carboxylic acids is 1. The molecule has 1 aliphatic rings. The lowest BCUT2D eigenvalue weighted by Gasteiger charge is -2.28. The zero-order chi connectivity index (χ0) is 18.3. The van der Waals surface area contributed by atoms with Crippen LogP contribution in [0.5, 0.6) is 0 Å². The van der Waals surface area contributed by atoms with Crippen LogP contribution >= 0.6 is 0 Å². The number of hydrogen-bond donors (Lipinski definition) is 2. The van der Waals surface area contributed by atoms with Gasteiger partial charge in [-0.1, -0.05) is 6.07 Å². The summed E-state index contributed by atoms with van der Waals surface area (Å²) in [6, 6.07) is 2.14. The largest absolute Gasteiger partial charge is 0.478 e. The van der Waals surface area contributed by atoms with E-state index >= 15 is 0 Å². The minimum atomic E-state index is -3.57. The summed E-state index contributed by atoms with van der Waals surface area (Å²) in [4.78, 5) is 23.2. The van der Waals surface area contributed by atoms with Crippen LogP contribution in [0, 0.1) is 6.92 Å². The average molecular weight is 355 g/mol. The predicted molar refractivity (Wildman–Crippen MR) is 86.9 cm³/mol. The van der Waals surface area contributed by atoms with Crippen LogP contribution < -0.4 is 5.32 Å². The zero-order valence-electron chi connectivity index (χ0n) is 14.0. The molecule has 8 heteroatoms. The first-order valence-corrected chi connectivity index (χ1v) is 9.16. The van der Waals surface area contributed by atoms with Crippen LogP contribution in [-0.4, -0.2) is 36.9 Å². The SMILES string of the molecule is Cc1cc2c(cc1C(=O)O)S(=O)(=O)CC[C@@H]2NC(=O)OC(C)(C)C. The maximum atomic E-state index is 12.3. The molecule has 0 fully saturated rings. The first kappa shape index (κ1) is 18.3. The molecule has 7 nitrogen and oxygen atoms in total. The summed E-state index contributed by atoms with van der Waals surface area (Å²) in [6.45, 7) is 6.79. The highest BCUT2D eigenvalue weighted by atomic mass is 32.2. The summed E-state index contributed by atoms with van der Waals surface area (Å²) in [6.07, 6.45) is -0.432. The van der Waals surface area contributed by atoms with Crippen LogP contribution in [0.4, 0.5) is 4.79 Å². The number of carbonyl (C=O) groups is 2. The van der Waals surface area contributed by atoms with E-state index in [4.69, 9.17) is 4.74 Å². The van der Waals surface area contributed by atoms with Crippen molar-refractivity contribution in [3.05, 3.63) is 28.8 Å². The summed E-state index contributed by atoms with van der Waals surface area (Å²) >= 11 is 0. The van der Waals surface area contributed by atoms with Crippen molar-refractivity contribution in [3.63, 3.8) is 0 Å². The molecule has 1 atom stereocenters. The minimum Gasteiger partial charge on any atom is -0.478 e. The first-order valence-electron chi connectivity index (χ1n) is 7.51. The second kappa shape index (κ2) is 6.08. The monoisotopic (exact) mass is 355 g/mol. The Morgan fingerprint density at radius 1 is 1.29 bits per heavy atom. The van der Waals surface area contributed by atoms with Crippen molar-refractivity contribution < 1.29 is 27.9 Å². The Balaban J connectivity index is 2.42. The third-order valence-electron chi connectivity index (χ3n) is 3.66. The molecular weight excluding hydrogens is 334 g/mol. The van der Waals surface area contributed by atoms with E-state index in [0.717, 1.165) is 0 Å². The molecule has 1 aliphatic heterocycles. The Hall–Kier alpha value is -2.09. The van der Waals surface area contributed by atoms with Crippen LogP contribution in [0.2, 0.25) is 0 Å². The predicted octanol–water partition coefficient (Wildman–Crippen LogP) is 2.44. The number of nitrogens with one attached hydrogen (secondary N) is 1. The molecule has 132 valence electrons.